The molecule has 0 fully saturated rings. The molecule has 0 atom stereocenters. The Kier molecular flexibility index (Phi) is 7.09. The molecule has 34 heavy (non-hydrogen) atoms. The number of carbonyl (C=O) groups excluding carboxylic acids is 1. The second-order valence-corrected chi connectivity index (χ2v) is 11.6. The fourth-order valence-electron chi connectivity index (χ4n) is 3.61. The minimum Gasteiger partial charge on any atom is -0.464 e. The van der Waals surface area contributed by atoms with Gasteiger partial charge in [-0.15, -0.1) is 11.8 Å². The predicted octanol–water partition coefficient (Wildman–Crippen LogP) is 6.61. The van der Waals surface area contributed by atoms with E-state index in [-0.39, 0.29) is 0 Å². The second-order valence-electron chi connectivity index (χ2n) is 7.93. The van der Waals surface area contributed by atoms with Crippen molar-refractivity contribution in [2.24, 2.45) is 7.05 Å². The van der Waals surface area contributed by atoms with Gasteiger partial charge in [0.1, 0.15) is 0 Å². The van der Waals surface area contributed by atoms with E-state index in [0.717, 1.165) is 26.9 Å². The third-order valence-electron chi connectivity index (χ3n) is 5.00. The Morgan fingerprint density at radius 1 is 1.15 bits per heavy atom. The number of nitrogens with zero attached hydrogens (tertiary/aromatic N) is 5. The van der Waals surface area contributed by atoms with Crippen molar-refractivity contribution in [2.45, 2.75) is 37.2 Å². The van der Waals surface area contributed by atoms with Crippen LogP contribution >= 0.6 is 46.3 Å². The Bertz CT molecular complexity index is 1390. The first-order chi connectivity index (χ1) is 16.1. The summed E-state index contributed by atoms with van der Waals surface area (Å²) in [6, 6.07) is 7.36. The first kappa shape index (κ1) is 24.8. The minimum absolute atomic E-state index is 0.304. The number of aromatic nitrogens is 5. The zero-order chi connectivity index (χ0) is 24.7. The van der Waals surface area contributed by atoms with Crippen LogP contribution in [0.5, 0.6) is 0 Å². The average molecular weight is 537 g/mol. The maximum absolute atomic E-state index is 13.0. The number of methoxy groups -OCH3 is 1. The lowest BCUT2D eigenvalue weighted by Gasteiger charge is -2.06. The summed E-state index contributed by atoms with van der Waals surface area (Å²) in [6.07, 6.45) is 0. The van der Waals surface area contributed by atoms with Crippen LogP contribution < -0.4 is 0 Å². The van der Waals surface area contributed by atoms with Gasteiger partial charge in [-0.25, -0.2) is 9.78 Å². The van der Waals surface area contributed by atoms with Crippen LogP contribution in [-0.4, -0.2) is 42.9 Å². The molecular formula is C23H23Cl2N5O2S2. The van der Waals surface area contributed by atoms with Crippen LogP contribution in [-0.2, 0) is 11.8 Å². The van der Waals surface area contributed by atoms with Crippen LogP contribution in [0.25, 0.3) is 27.6 Å². The van der Waals surface area contributed by atoms with Gasteiger partial charge in [-0.05, 0) is 32.0 Å². The summed E-state index contributed by atoms with van der Waals surface area (Å²) in [5.74, 6) is -0.501. The summed E-state index contributed by atoms with van der Waals surface area (Å²) in [7, 11) is 3.19. The van der Waals surface area contributed by atoms with E-state index in [1.807, 2.05) is 33.0 Å². The van der Waals surface area contributed by atoms with Gasteiger partial charge in [-0.3, -0.25) is 4.68 Å². The number of rotatable bonds is 6. The van der Waals surface area contributed by atoms with Gasteiger partial charge in [0.2, 0.25) is 5.13 Å². The Labute approximate surface area is 216 Å². The van der Waals surface area contributed by atoms with Crippen LogP contribution in [0.4, 0.5) is 0 Å². The van der Waals surface area contributed by atoms with Gasteiger partial charge in [0.15, 0.2) is 5.69 Å². The van der Waals surface area contributed by atoms with E-state index in [1.165, 1.54) is 18.4 Å². The average Bonchev–Trinajstić information content (AvgIpc) is 3.43. The summed E-state index contributed by atoms with van der Waals surface area (Å²) >= 11 is 15.6. The normalized spacial score (nSPS) is 11.4. The van der Waals surface area contributed by atoms with Crippen LogP contribution in [0, 0.1) is 13.8 Å². The Hall–Kier alpha value is -2.33. The molecule has 11 heteroatoms. The molecule has 0 bridgehead atoms. The van der Waals surface area contributed by atoms with Crippen molar-refractivity contribution in [3.05, 3.63) is 51.4 Å². The van der Waals surface area contributed by atoms with E-state index >= 15 is 0 Å². The van der Waals surface area contributed by atoms with Crippen molar-refractivity contribution in [3.63, 3.8) is 0 Å². The quantitative estimate of drug-likeness (QED) is 0.204. The standard InChI is InChI=1S/C23H23Cl2N5O2S2/c1-11(2)33-22-19(14-7-8-15(24)16(25)10-14)26-23(34-22)30-20(21(31)32-6)18(13(4)28-30)17-9-12(3)27-29(17)5/h7-11H,1-6H3. The molecule has 0 amide bonds. The van der Waals surface area contributed by atoms with E-state index in [2.05, 4.69) is 18.9 Å². The molecule has 0 saturated heterocycles. The first-order valence-electron chi connectivity index (χ1n) is 10.4. The molecule has 1 aromatic carbocycles. The molecule has 0 spiro atoms. The van der Waals surface area contributed by atoms with E-state index < -0.39 is 5.97 Å². The summed E-state index contributed by atoms with van der Waals surface area (Å²) in [5.41, 5.74) is 4.86. The molecule has 0 unspecified atom stereocenters. The van der Waals surface area contributed by atoms with Gasteiger partial charge in [-0.2, -0.15) is 14.9 Å². The van der Waals surface area contributed by atoms with Gasteiger partial charge in [0.25, 0.3) is 0 Å². The number of thiazole rings is 1. The van der Waals surface area contributed by atoms with Crippen LogP contribution in [0.15, 0.2) is 28.5 Å². The molecule has 3 heterocycles. The molecule has 7 nitrogen and oxygen atoms in total. The number of halogens is 2. The predicted molar refractivity (Wildman–Crippen MR) is 139 cm³/mol. The van der Waals surface area contributed by atoms with Gasteiger partial charge in [-0.1, -0.05) is 54.5 Å². The zero-order valence-corrected chi connectivity index (χ0v) is 22.7. The highest BCUT2D eigenvalue weighted by molar-refractivity contribution is 8.01. The number of aryl methyl sites for hydroxylation is 3. The van der Waals surface area contributed by atoms with Crippen molar-refractivity contribution in [2.75, 3.05) is 7.11 Å². The number of esters is 1. The van der Waals surface area contributed by atoms with Gasteiger partial charge in [0.05, 0.1) is 49.7 Å². The Balaban J connectivity index is 1.95. The number of benzene rings is 1. The number of ether oxygens (including phenoxy) is 1. The lowest BCUT2D eigenvalue weighted by atomic mass is 10.1. The van der Waals surface area contributed by atoms with E-state index in [9.17, 15) is 4.79 Å². The van der Waals surface area contributed by atoms with Crippen LogP contribution in [0.1, 0.15) is 35.7 Å². The van der Waals surface area contributed by atoms with Crippen LogP contribution in [0.3, 0.4) is 0 Å². The maximum atomic E-state index is 13.0. The summed E-state index contributed by atoms with van der Waals surface area (Å²) < 4.78 is 9.44. The van der Waals surface area contributed by atoms with Crippen molar-refractivity contribution in [1.82, 2.24) is 24.5 Å². The molecule has 4 rings (SSSR count). The monoisotopic (exact) mass is 535 g/mol. The molecule has 4 aromatic rings. The van der Waals surface area contributed by atoms with Crippen LogP contribution in [0.2, 0.25) is 10.0 Å². The molecule has 0 N–H and O–H groups in total. The fourth-order valence-corrected chi connectivity index (χ4v) is 6.38. The molecule has 3 aromatic heterocycles. The smallest absolute Gasteiger partial charge is 0.357 e. The third kappa shape index (κ3) is 4.62. The molecule has 0 aliphatic rings. The third-order valence-corrected chi connectivity index (χ3v) is 7.98. The lowest BCUT2D eigenvalue weighted by molar-refractivity contribution is 0.0591. The topological polar surface area (TPSA) is 74.8 Å². The van der Waals surface area contributed by atoms with E-state index in [4.69, 9.17) is 38.0 Å². The van der Waals surface area contributed by atoms with Gasteiger partial charge >= 0.3 is 5.97 Å². The highest BCUT2D eigenvalue weighted by atomic mass is 35.5. The zero-order valence-electron chi connectivity index (χ0n) is 19.5. The maximum Gasteiger partial charge on any atom is 0.357 e. The summed E-state index contributed by atoms with van der Waals surface area (Å²) in [4.78, 5) is 17.9. The van der Waals surface area contributed by atoms with E-state index in [1.54, 1.807) is 33.3 Å². The second kappa shape index (κ2) is 9.73. The summed E-state index contributed by atoms with van der Waals surface area (Å²) in [6.45, 7) is 7.99. The van der Waals surface area contributed by atoms with Crippen molar-refractivity contribution in [1.29, 1.82) is 0 Å². The largest absolute Gasteiger partial charge is 0.464 e. The molecule has 0 saturated carbocycles. The van der Waals surface area contributed by atoms with E-state index in [0.29, 0.717) is 37.4 Å². The van der Waals surface area contributed by atoms with Gasteiger partial charge in [0, 0.05) is 17.9 Å². The number of hydrogen-bond donors (Lipinski definition) is 0. The lowest BCUT2D eigenvalue weighted by Crippen LogP contribution is -2.12. The molecule has 0 aliphatic carbocycles. The van der Waals surface area contributed by atoms with Crippen molar-refractivity contribution in [3.8, 4) is 27.6 Å². The van der Waals surface area contributed by atoms with Crippen molar-refractivity contribution < 1.29 is 9.53 Å². The highest BCUT2D eigenvalue weighted by Gasteiger charge is 2.29. The molecule has 0 aliphatic heterocycles. The fraction of sp³-hybridized carbons (Fsp3) is 0.304. The SMILES string of the molecule is COC(=O)c1c(-c2cc(C)nn2C)c(C)nn1-c1nc(-c2ccc(Cl)c(Cl)c2)c(SC(C)C)s1. The first-order valence-corrected chi connectivity index (χ1v) is 12.9. The highest BCUT2D eigenvalue weighted by Crippen LogP contribution is 2.42. The van der Waals surface area contributed by atoms with Gasteiger partial charge < -0.3 is 4.74 Å². The Morgan fingerprint density at radius 3 is 2.47 bits per heavy atom. The summed E-state index contributed by atoms with van der Waals surface area (Å²) in [5, 5.41) is 10.9. The molecule has 0 radical (unpaired) electrons. The minimum atomic E-state index is -0.501. The van der Waals surface area contributed by atoms with Crippen molar-refractivity contribution >= 4 is 52.3 Å². The number of thioether (sulfide) groups is 1. The molecular weight excluding hydrogens is 513 g/mol. The molecule has 178 valence electrons. The number of carbonyl (C=O) groups is 1. The Morgan fingerprint density at radius 2 is 1.88 bits per heavy atom. The number of hydrogen-bond acceptors (Lipinski definition) is 7.